The van der Waals surface area contributed by atoms with Crippen molar-refractivity contribution < 1.29 is 36.8 Å². The van der Waals surface area contributed by atoms with Crippen molar-refractivity contribution in [2.24, 2.45) is 0 Å². The van der Waals surface area contributed by atoms with E-state index in [9.17, 15) is 32.3 Å². The lowest BCUT2D eigenvalue weighted by Gasteiger charge is -2.25. The van der Waals surface area contributed by atoms with E-state index in [4.69, 9.17) is 4.42 Å². The van der Waals surface area contributed by atoms with Gasteiger partial charge in [0.05, 0.1) is 24.1 Å². The first-order valence-corrected chi connectivity index (χ1v) is 11.4. The third kappa shape index (κ3) is 5.53. The van der Waals surface area contributed by atoms with Gasteiger partial charge in [0.1, 0.15) is 24.4 Å². The van der Waals surface area contributed by atoms with Crippen LogP contribution in [0, 0.1) is 0 Å². The molecule has 3 aromatic rings. The molecule has 38 heavy (non-hydrogen) atoms. The van der Waals surface area contributed by atoms with Crippen molar-refractivity contribution in [2.45, 2.75) is 25.2 Å². The number of urea groups is 1. The minimum atomic E-state index is -4.71. The van der Waals surface area contributed by atoms with E-state index >= 15 is 0 Å². The number of hydrogen-bond donors (Lipinski definition) is 2. The number of imide groups is 1. The molecule has 0 saturated carbocycles. The van der Waals surface area contributed by atoms with Crippen LogP contribution in [0.2, 0.25) is 0 Å². The minimum absolute atomic E-state index is 0.222. The Labute approximate surface area is 215 Å². The van der Waals surface area contributed by atoms with Crippen LogP contribution in [0.1, 0.15) is 23.8 Å². The standard InChI is InChI=1S/C26H23F3N4O5/c1-25(17-8-3-2-4-9-17)23(36)33(24(37)31-25)16-22(35)32(14-18-10-7-13-38-18)15-21(34)30-20-12-6-5-11-19(20)26(27,28)29/h2-13H,14-16H2,1H3,(H,30,34)(H,31,37)/t25-/m1/s1. The Balaban J connectivity index is 1.51. The van der Waals surface area contributed by atoms with Gasteiger partial charge in [0, 0.05) is 0 Å². The summed E-state index contributed by atoms with van der Waals surface area (Å²) in [5.74, 6) is -2.08. The van der Waals surface area contributed by atoms with Crippen molar-refractivity contribution >= 4 is 29.4 Å². The molecule has 198 valence electrons. The molecule has 1 aliphatic heterocycles. The average Bonchev–Trinajstić information content (AvgIpc) is 3.46. The van der Waals surface area contributed by atoms with Gasteiger partial charge in [-0.25, -0.2) is 4.79 Å². The van der Waals surface area contributed by atoms with Gasteiger partial charge in [-0.15, -0.1) is 0 Å². The lowest BCUT2D eigenvalue weighted by Crippen LogP contribution is -2.46. The van der Waals surface area contributed by atoms with Gasteiger partial charge in [-0.3, -0.25) is 19.3 Å². The number of nitrogens with one attached hydrogen (secondary N) is 2. The molecule has 0 bridgehead atoms. The molecular formula is C26H23F3N4O5. The Kier molecular flexibility index (Phi) is 7.24. The van der Waals surface area contributed by atoms with E-state index in [2.05, 4.69) is 10.6 Å². The van der Waals surface area contributed by atoms with Crippen LogP contribution in [0.25, 0.3) is 0 Å². The van der Waals surface area contributed by atoms with Crippen LogP contribution < -0.4 is 10.6 Å². The molecule has 0 spiro atoms. The molecule has 2 aromatic carbocycles. The molecule has 5 amide bonds. The number of anilines is 1. The fourth-order valence-electron chi connectivity index (χ4n) is 4.07. The monoisotopic (exact) mass is 528 g/mol. The van der Waals surface area contributed by atoms with Crippen LogP contribution in [0.4, 0.5) is 23.7 Å². The Morgan fingerprint density at radius 2 is 1.71 bits per heavy atom. The first kappa shape index (κ1) is 26.5. The Bertz CT molecular complexity index is 1340. The molecule has 0 radical (unpaired) electrons. The van der Waals surface area contributed by atoms with E-state index in [-0.39, 0.29) is 12.3 Å². The summed E-state index contributed by atoms with van der Waals surface area (Å²) in [6.45, 7) is -0.0650. The summed E-state index contributed by atoms with van der Waals surface area (Å²) in [5, 5.41) is 4.78. The van der Waals surface area contributed by atoms with Crippen LogP contribution in [-0.4, -0.2) is 46.6 Å². The summed E-state index contributed by atoms with van der Waals surface area (Å²) < 4.78 is 45.2. The van der Waals surface area contributed by atoms with Crippen molar-refractivity contribution in [1.82, 2.24) is 15.1 Å². The third-order valence-electron chi connectivity index (χ3n) is 6.04. The number of nitrogens with zero attached hydrogens (tertiary/aromatic N) is 2. The molecule has 2 heterocycles. The number of halogens is 3. The third-order valence-corrected chi connectivity index (χ3v) is 6.04. The van der Waals surface area contributed by atoms with Gasteiger partial charge in [-0.2, -0.15) is 13.2 Å². The van der Waals surface area contributed by atoms with Gasteiger partial charge in [-0.1, -0.05) is 42.5 Å². The van der Waals surface area contributed by atoms with Crippen molar-refractivity contribution in [1.29, 1.82) is 0 Å². The van der Waals surface area contributed by atoms with Crippen molar-refractivity contribution in [3.63, 3.8) is 0 Å². The number of alkyl halides is 3. The summed E-state index contributed by atoms with van der Waals surface area (Å²) in [4.78, 5) is 53.5. The van der Waals surface area contributed by atoms with E-state index in [0.29, 0.717) is 5.56 Å². The molecule has 0 aliphatic carbocycles. The molecule has 1 fully saturated rings. The maximum atomic E-state index is 13.3. The summed E-state index contributed by atoms with van der Waals surface area (Å²) >= 11 is 0. The molecule has 1 atom stereocenters. The number of para-hydroxylation sites is 1. The zero-order chi connectivity index (χ0) is 27.5. The number of carbonyl (C=O) groups excluding carboxylic acids is 4. The van der Waals surface area contributed by atoms with Gasteiger partial charge in [0.25, 0.3) is 5.91 Å². The van der Waals surface area contributed by atoms with E-state index in [1.54, 1.807) is 36.4 Å². The summed E-state index contributed by atoms with van der Waals surface area (Å²) in [6, 6.07) is 15.2. The Morgan fingerprint density at radius 3 is 2.37 bits per heavy atom. The van der Waals surface area contributed by atoms with Gasteiger partial charge >= 0.3 is 12.2 Å². The zero-order valence-electron chi connectivity index (χ0n) is 20.1. The average molecular weight is 528 g/mol. The number of amides is 5. The molecule has 4 rings (SSSR count). The van der Waals surface area contributed by atoms with Crippen LogP contribution in [0.3, 0.4) is 0 Å². The summed E-state index contributed by atoms with van der Waals surface area (Å²) in [7, 11) is 0. The predicted molar refractivity (Wildman–Crippen MR) is 128 cm³/mol. The fraction of sp³-hybridized carbons (Fsp3) is 0.231. The number of carbonyl (C=O) groups is 4. The smallest absolute Gasteiger partial charge is 0.418 e. The molecule has 9 nitrogen and oxygen atoms in total. The van der Waals surface area contributed by atoms with E-state index < -0.39 is 59.8 Å². The quantitative estimate of drug-likeness (QED) is 0.433. The number of rotatable bonds is 8. The van der Waals surface area contributed by atoms with Gasteiger partial charge in [0.2, 0.25) is 11.8 Å². The molecule has 1 aliphatic rings. The highest BCUT2D eigenvalue weighted by molar-refractivity contribution is 6.09. The first-order valence-electron chi connectivity index (χ1n) is 11.4. The van der Waals surface area contributed by atoms with Crippen LogP contribution >= 0.6 is 0 Å². The van der Waals surface area contributed by atoms with E-state index in [0.717, 1.165) is 21.9 Å². The molecule has 0 unspecified atom stereocenters. The topological polar surface area (TPSA) is 112 Å². The highest BCUT2D eigenvalue weighted by Crippen LogP contribution is 2.34. The maximum absolute atomic E-state index is 13.3. The predicted octanol–water partition coefficient (Wildman–Crippen LogP) is 3.73. The van der Waals surface area contributed by atoms with Gasteiger partial charge in [-0.05, 0) is 36.8 Å². The SMILES string of the molecule is C[C@]1(c2ccccc2)NC(=O)N(CC(=O)N(CC(=O)Nc2ccccc2C(F)(F)F)Cc2ccco2)C1=O. The van der Waals surface area contributed by atoms with Crippen molar-refractivity contribution in [3.05, 3.63) is 89.9 Å². The van der Waals surface area contributed by atoms with Crippen molar-refractivity contribution in [2.75, 3.05) is 18.4 Å². The highest BCUT2D eigenvalue weighted by Gasteiger charge is 2.49. The Hall–Kier alpha value is -4.61. The number of hydrogen-bond acceptors (Lipinski definition) is 5. The molecule has 1 saturated heterocycles. The lowest BCUT2D eigenvalue weighted by atomic mass is 9.92. The summed E-state index contributed by atoms with van der Waals surface area (Å²) in [6.07, 6.45) is -3.36. The largest absolute Gasteiger partial charge is 0.467 e. The second-order valence-electron chi connectivity index (χ2n) is 8.73. The first-order chi connectivity index (χ1) is 18.0. The maximum Gasteiger partial charge on any atom is 0.418 e. The molecule has 12 heteroatoms. The Morgan fingerprint density at radius 1 is 1.03 bits per heavy atom. The zero-order valence-corrected chi connectivity index (χ0v) is 20.1. The summed E-state index contributed by atoms with van der Waals surface area (Å²) in [5.41, 5.74) is -2.40. The van der Waals surface area contributed by atoms with Crippen LogP contribution in [0.15, 0.2) is 77.4 Å². The van der Waals surface area contributed by atoms with E-state index in [1.165, 1.54) is 31.4 Å². The molecule has 2 N–H and O–H groups in total. The van der Waals surface area contributed by atoms with Gasteiger partial charge < -0.3 is 20.0 Å². The van der Waals surface area contributed by atoms with E-state index in [1.807, 2.05) is 0 Å². The van der Waals surface area contributed by atoms with Gasteiger partial charge in [0.15, 0.2) is 0 Å². The highest BCUT2D eigenvalue weighted by atomic mass is 19.4. The van der Waals surface area contributed by atoms with Crippen molar-refractivity contribution in [3.8, 4) is 0 Å². The fourth-order valence-corrected chi connectivity index (χ4v) is 4.07. The van der Waals surface area contributed by atoms with Crippen LogP contribution in [0.5, 0.6) is 0 Å². The minimum Gasteiger partial charge on any atom is -0.467 e. The van der Waals surface area contributed by atoms with Crippen LogP contribution in [-0.2, 0) is 32.6 Å². The second kappa shape index (κ2) is 10.4. The lowest BCUT2D eigenvalue weighted by molar-refractivity contribution is -0.140. The second-order valence-corrected chi connectivity index (χ2v) is 8.73. The normalized spacial score (nSPS) is 17.3. The molecule has 1 aromatic heterocycles. The number of benzene rings is 2. The molecular weight excluding hydrogens is 505 g/mol. The number of furan rings is 1.